The molecule has 0 amide bonds. The second-order valence-electron chi connectivity index (χ2n) is 5.92. The van der Waals surface area contributed by atoms with E-state index in [1.807, 2.05) is 0 Å². The van der Waals surface area contributed by atoms with Crippen molar-refractivity contribution in [1.82, 2.24) is 9.97 Å². The van der Waals surface area contributed by atoms with Crippen molar-refractivity contribution < 1.29 is 26.7 Å². The van der Waals surface area contributed by atoms with E-state index in [0.717, 1.165) is 17.4 Å². The Morgan fingerprint density at radius 1 is 1.24 bits per heavy atom. The maximum atomic E-state index is 13.3. The number of thiazole rings is 1. The van der Waals surface area contributed by atoms with Crippen LogP contribution in [0.3, 0.4) is 0 Å². The molecule has 3 aromatic rings. The standard InChI is InChI=1S/C17H13ClF3N3O3S2/c1-29(26,27)13-3-2-10(7-11(13)17(19,20)21)23-16-24-15(12(8-25)28-16)9-4-5-22-14(18)6-9/h2-7,25H,8H2,1H3,(H,23,24). The Morgan fingerprint density at radius 3 is 2.55 bits per heavy atom. The van der Waals surface area contributed by atoms with Crippen LogP contribution in [-0.2, 0) is 22.6 Å². The molecule has 0 aliphatic heterocycles. The monoisotopic (exact) mass is 463 g/mol. The number of aliphatic hydroxyl groups is 1. The minimum absolute atomic E-state index is 0.00211. The van der Waals surface area contributed by atoms with Crippen LogP contribution < -0.4 is 5.32 Å². The Bertz CT molecular complexity index is 1160. The molecule has 0 aliphatic rings. The summed E-state index contributed by atoms with van der Waals surface area (Å²) in [6.45, 7) is -0.338. The summed E-state index contributed by atoms with van der Waals surface area (Å²) in [6.07, 6.45) is -2.68. The molecule has 0 saturated heterocycles. The van der Waals surface area contributed by atoms with Crippen LogP contribution >= 0.6 is 22.9 Å². The quantitative estimate of drug-likeness (QED) is 0.541. The Labute approximate surface area is 172 Å². The van der Waals surface area contributed by atoms with E-state index in [9.17, 15) is 26.7 Å². The van der Waals surface area contributed by atoms with E-state index in [4.69, 9.17) is 11.6 Å². The van der Waals surface area contributed by atoms with Gasteiger partial charge in [0.25, 0.3) is 0 Å². The van der Waals surface area contributed by atoms with Gasteiger partial charge in [-0.25, -0.2) is 18.4 Å². The average Bonchev–Trinajstić information content (AvgIpc) is 3.03. The number of hydrogen-bond acceptors (Lipinski definition) is 7. The van der Waals surface area contributed by atoms with Gasteiger partial charge < -0.3 is 10.4 Å². The summed E-state index contributed by atoms with van der Waals surface area (Å²) in [7, 11) is -4.07. The van der Waals surface area contributed by atoms with Crippen molar-refractivity contribution in [2.45, 2.75) is 17.7 Å². The molecule has 0 unspecified atom stereocenters. The molecule has 2 heterocycles. The number of alkyl halides is 3. The van der Waals surface area contributed by atoms with Gasteiger partial charge in [-0.05, 0) is 30.3 Å². The lowest BCUT2D eigenvalue weighted by Gasteiger charge is -2.13. The van der Waals surface area contributed by atoms with Gasteiger partial charge in [0.2, 0.25) is 0 Å². The van der Waals surface area contributed by atoms with Crippen LogP contribution in [0.5, 0.6) is 0 Å². The Hall–Kier alpha value is -2.21. The Balaban J connectivity index is 2.01. The van der Waals surface area contributed by atoms with Gasteiger partial charge in [0.1, 0.15) is 5.15 Å². The number of nitrogens with zero attached hydrogens (tertiary/aromatic N) is 2. The zero-order chi connectivity index (χ0) is 21.4. The van der Waals surface area contributed by atoms with Crippen LogP contribution in [0.15, 0.2) is 41.4 Å². The van der Waals surface area contributed by atoms with Crippen molar-refractivity contribution >= 4 is 43.6 Å². The summed E-state index contributed by atoms with van der Waals surface area (Å²) in [5.41, 5.74) is -0.276. The minimum Gasteiger partial charge on any atom is -0.391 e. The molecule has 1 aromatic carbocycles. The molecular formula is C17H13ClF3N3O3S2. The first-order valence-corrected chi connectivity index (χ1v) is 11.0. The van der Waals surface area contributed by atoms with Crippen LogP contribution in [-0.4, -0.2) is 29.7 Å². The number of nitrogens with one attached hydrogen (secondary N) is 1. The minimum atomic E-state index is -4.85. The predicted molar refractivity (Wildman–Crippen MR) is 104 cm³/mol. The largest absolute Gasteiger partial charge is 0.417 e. The molecule has 0 bridgehead atoms. The van der Waals surface area contributed by atoms with Crippen LogP contribution in [0.1, 0.15) is 10.4 Å². The second-order valence-corrected chi connectivity index (χ2v) is 9.38. The van der Waals surface area contributed by atoms with E-state index in [0.29, 0.717) is 28.5 Å². The molecule has 0 aliphatic carbocycles. The highest BCUT2D eigenvalue weighted by atomic mass is 35.5. The van der Waals surface area contributed by atoms with Gasteiger partial charge in [0, 0.05) is 23.7 Å². The molecule has 3 rings (SSSR count). The van der Waals surface area contributed by atoms with Gasteiger partial charge in [-0.3, -0.25) is 0 Å². The molecule has 29 heavy (non-hydrogen) atoms. The van der Waals surface area contributed by atoms with Crippen molar-refractivity contribution in [3.05, 3.63) is 52.1 Å². The van der Waals surface area contributed by atoms with Crippen molar-refractivity contribution in [3.63, 3.8) is 0 Å². The number of halogens is 4. The highest BCUT2D eigenvalue weighted by Crippen LogP contribution is 2.38. The van der Waals surface area contributed by atoms with Crippen molar-refractivity contribution in [3.8, 4) is 11.3 Å². The molecule has 2 N–H and O–H groups in total. The lowest BCUT2D eigenvalue weighted by Crippen LogP contribution is -2.13. The van der Waals surface area contributed by atoms with Gasteiger partial charge in [0.15, 0.2) is 15.0 Å². The Morgan fingerprint density at radius 2 is 1.97 bits per heavy atom. The maximum Gasteiger partial charge on any atom is 0.417 e. The molecule has 0 saturated carbocycles. The molecule has 0 radical (unpaired) electrons. The van der Waals surface area contributed by atoms with Crippen LogP contribution in [0, 0.1) is 0 Å². The van der Waals surface area contributed by atoms with Crippen LogP contribution in [0.4, 0.5) is 24.0 Å². The maximum absolute atomic E-state index is 13.3. The lowest BCUT2D eigenvalue weighted by molar-refractivity contribution is -0.139. The zero-order valence-electron chi connectivity index (χ0n) is 14.7. The normalized spacial score (nSPS) is 12.2. The number of benzene rings is 1. The third-order valence-corrected chi connectivity index (χ3v) is 6.09. The van der Waals surface area contributed by atoms with Gasteiger partial charge >= 0.3 is 6.18 Å². The first-order chi connectivity index (χ1) is 13.5. The number of hydrogen-bond donors (Lipinski definition) is 2. The van der Waals surface area contributed by atoms with E-state index >= 15 is 0 Å². The van der Waals surface area contributed by atoms with E-state index in [1.54, 1.807) is 12.1 Å². The van der Waals surface area contributed by atoms with Gasteiger partial charge in [-0.15, -0.1) is 0 Å². The van der Waals surface area contributed by atoms with Crippen molar-refractivity contribution in [2.24, 2.45) is 0 Å². The molecule has 2 aromatic heterocycles. The van der Waals surface area contributed by atoms with E-state index < -0.39 is 26.5 Å². The van der Waals surface area contributed by atoms with E-state index in [1.165, 1.54) is 12.3 Å². The van der Waals surface area contributed by atoms with Gasteiger partial charge in [-0.2, -0.15) is 13.2 Å². The predicted octanol–water partition coefficient (Wildman–Crippen LogP) is 4.52. The fourth-order valence-electron chi connectivity index (χ4n) is 2.56. The summed E-state index contributed by atoms with van der Waals surface area (Å²) < 4.78 is 63.3. The third kappa shape index (κ3) is 4.86. The number of pyridine rings is 1. The second kappa shape index (κ2) is 7.90. The molecule has 12 heteroatoms. The molecule has 0 fully saturated rings. The van der Waals surface area contributed by atoms with Gasteiger partial charge in [0.05, 0.1) is 27.6 Å². The highest BCUT2D eigenvalue weighted by Gasteiger charge is 2.36. The van der Waals surface area contributed by atoms with E-state index in [-0.39, 0.29) is 22.6 Å². The first-order valence-electron chi connectivity index (χ1n) is 7.90. The number of aromatic nitrogens is 2. The number of rotatable bonds is 5. The SMILES string of the molecule is CS(=O)(=O)c1ccc(Nc2nc(-c3ccnc(Cl)c3)c(CO)s2)cc1C(F)(F)F. The molecular weight excluding hydrogens is 451 g/mol. The van der Waals surface area contributed by atoms with Gasteiger partial charge in [-0.1, -0.05) is 22.9 Å². The first kappa shape index (κ1) is 21.5. The highest BCUT2D eigenvalue weighted by molar-refractivity contribution is 7.90. The van der Waals surface area contributed by atoms with Crippen LogP contribution in [0.25, 0.3) is 11.3 Å². The summed E-state index contributed by atoms with van der Waals surface area (Å²) in [5, 5.41) is 12.8. The summed E-state index contributed by atoms with van der Waals surface area (Å²) >= 11 is 6.91. The number of sulfone groups is 1. The topological polar surface area (TPSA) is 92.2 Å². The smallest absolute Gasteiger partial charge is 0.391 e. The van der Waals surface area contributed by atoms with Crippen LogP contribution in [0.2, 0.25) is 5.15 Å². The van der Waals surface area contributed by atoms with E-state index in [2.05, 4.69) is 15.3 Å². The average molecular weight is 464 g/mol. The third-order valence-electron chi connectivity index (χ3n) is 3.78. The summed E-state index contributed by atoms with van der Waals surface area (Å²) in [4.78, 5) is 7.84. The zero-order valence-corrected chi connectivity index (χ0v) is 17.0. The number of anilines is 2. The molecule has 0 atom stereocenters. The van der Waals surface area contributed by atoms with Crippen molar-refractivity contribution in [2.75, 3.05) is 11.6 Å². The molecule has 0 spiro atoms. The summed E-state index contributed by atoms with van der Waals surface area (Å²) in [6, 6.07) is 5.99. The molecule has 6 nitrogen and oxygen atoms in total. The summed E-state index contributed by atoms with van der Waals surface area (Å²) in [5.74, 6) is 0. The molecule has 154 valence electrons. The lowest BCUT2D eigenvalue weighted by atomic mass is 10.2. The van der Waals surface area contributed by atoms with Crippen molar-refractivity contribution in [1.29, 1.82) is 0 Å². The Kier molecular flexibility index (Phi) is 5.86. The fourth-order valence-corrected chi connectivity index (χ4v) is 4.49. The number of aliphatic hydroxyl groups excluding tert-OH is 1. The fraction of sp³-hybridized carbons (Fsp3) is 0.176.